The highest BCUT2D eigenvalue weighted by Gasteiger charge is 2.56. The second-order valence-corrected chi connectivity index (χ2v) is 8.27. The van der Waals surface area contributed by atoms with E-state index in [0.29, 0.717) is 24.2 Å². The summed E-state index contributed by atoms with van der Waals surface area (Å²) < 4.78 is 12.2. The van der Waals surface area contributed by atoms with E-state index in [1.165, 1.54) is 11.1 Å². The topological polar surface area (TPSA) is 38.8 Å². The minimum atomic E-state index is -0.0432. The molecule has 0 radical (unpaired) electrons. The van der Waals surface area contributed by atoms with Gasteiger partial charge in [0.1, 0.15) is 5.78 Å². The minimum Gasteiger partial charge on any atom is -0.493 e. The minimum absolute atomic E-state index is 0.0432. The molecule has 2 bridgehead atoms. The maximum absolute atomic E-state index is 12.4. The molecule has 4 rings (SSSR count). The number of likely N-dealkylation sites (N-methyl/N-ethyl adjacent to an activating group) is 1. The average molecular weight is 394 g/mol. The number of benzene rings is 1. The molecule has 1 aromatic rings. The molecule has 3 atom stereocenters. The highest BCUT2D eigenvalue weighted by atomic mass is 79.9. The van der Waals surface area contributed by atoms with E-state index in [2.05, 4.69) is 33.9 Å². The molecule has 1 saturated heterocycles. The van der Waals surface area contributed by atoms with E-state index in [1.807, 2.05) is 0 Å². The van der Waals surface area contributed by atoms with Crippen LogP contribution in [0.15, 0.2) is 10.5 Å². The number of rotatable bonds is 2. The molecule has 3 aliphatic rings. The van der Waals surface area contributed by atoms with E-state index in [9.17, 15) is 4.79 Å². The summed E-state index contributed by atoms with van der Waals surface area (Å²) >= 11 is 3.81. The summed E-state index contributed by atoms with van der Waals surface area (Å²) in [6.07, 6.45) is 4.47. The van der Waals surface area contributed by atoms with Crippen molar-refractivity contribution < 1.29 is 14.3 Å². The van der Waals surface area contributed by atoms with Crippen molar-refractivity contribution in [1.29, 1.82) is 0 Å². The number of ketones is 1. The standard InChI is InChI=1S/C19H24BrNO3/c1-21-7-6-19-10-12(22)4-5-13(19)14(21)8-11-9-15(23-2)18(24-3)17(20)16(11)19/h9,13-14H,4-8,10H2,1-3H3. The number of ether oxygens (including phenoxy) is 2. The van der Waals surface area contributed by atoms with Crippen molar-refractivity contribution in [2.75, 3.05) is 27.8 Å². The van der Waals surface area contributed by atoms with Gasteiger partial charge in [-0.1, -0.05) is 0 Å². The fourth-order valence-corrected chi connectivity index (χ4v) is 6.48. The number of nitrogens with zero attached hydrogens (tertiary/aromatic N) is 1. The zero-order valence-electron chi connectivity index (χ0n) is 14.5. The lowest BCUT2D eigenvalue weighted by atomic mass is 9.52. The number of methoxy groups -OCH3 is 2. The zero-order valence-corrected chi connectivity index (χ0v) is 16.1. The van der Waals surface area contributed by atoms with Gasteiger partial charge < -0.3 is 14.4 Å². The number of hydrogen-bond donors (Lipinski definition) is 0. The van der Waals surface area contributed by atoms with Gasteiger partial charge in [0.25, 0.3) is 0 Å². The largest absolute Gasteiger partial charge is 0.493 e. The monoisotopic (exact) mass is 393 g/mol. The van der Waals surface area contributed by atoms with E-state index in [1.54, 1.807) is 14.2 Å². The Kier molecular flexibility index (Phi) is 3.92. The molecule has 2 aliphatic carbocycles. The van der Waals surface area contributed by atoms with Crippen LogP contribution in [0.2, 0.25) is 0 Å². The molecule has 5 heteroatoms. The van der Waals surface area contributed by atoms with Gasteiger partial charge in [0.05, 0.1) is 18.7 Å². The summed E-state index contributed by atoms with van der Waals surface area (Å²) in [7, 11) is 5.58. The van der Waals surface area contributed by atoms with Crippen molar-refractivity contribution in [3.8, 4) is 11.5 Å². The molecule has 4 nitrogen and oxygen atoms in total. The first kappa shape index (κ1) is 16.4. The molecule has 0 N–H and O–H groups in total. The molecule has 24 heavy (non-hydrogen) atoms. The summed E-state index contributed by atoms with van der Waals surface area (Å²) in [5.74, 6) is 2.47. The van der Waals surface area contributed by atoms with Crippen molar-refractivity contribution in [2.24, 2.45) is 5.92 Å². The van der Waals surface area contributed by atoms with Gasteiger partial charge in [-0.05, 0) is 71.9 Å². The number of piperidine rings is 1. The van der Waals surface area contributed by atoms with E-state index >= 15 is 0 Å². The van der Waals surface area contributed by atoms with Crippen LogP contribution < -0.4 is 9.47 Å². The van der Waals surface area contributed by atoms with Gasteiger partial charge in [-0.2, -0.15) is 0 Å². The Hall–Kier alpha value is -1.07. The second kappa shape index (κ2) is 5.73. The number of halogens is 1. The molecule has 1 heterocycles. The Balaban J connectivity index is 1.97. The van der Waals surface area contributed by atoms with Crippen molar-refractivity contribution in [3.05, 3.63) is 21.7 Å². The highest BCUT2D eigenvalue weighted by Crippen LogP contribution is 2.58. The quantitative estimate of drug-likeness (QED) is 0.772. The Morgan fingerprint density at radius 2 is 2.12 bits per heavy atom. The maximum Gasteiger partial charge on any atom is 0.175 e. The van der Waals surface area contributed by atoms with E-state index in [4.69, 9.17) is 9.47 Å². The van der Waals surface area contributed by atoms with E-state index in [-0.39, 0.29) is 5.41 Å². The Bertz CT molecular complexity index is 704. The molecule has 2 fully saturated rings. The summed E-state index contributed by atoms with van der Waals surface area (Å²) in [5.41, 5.74) is 2.57. The number of fused-ring (bicyclic) bond motifs is 1. The average Bonchev–Trinajstić information content (AvgIpc) is 2.57. The van der Waals surface area contributed by atoms with Gasteiger partial charge in [-0.15, -0.1) is 0 Å². The summed E-state index contributed by atoms with van der Waals surface area (Å²) in [6.45, 7) is 1.05. The van der Waals surface area contributed by atoms with Crippen LogP contribution in [0.1, 0.15) is 36.8 Å². The van der Waals surface area contributed by atoms with E-state index in [0.717, 1.165) is 48.2 Å². The lowest BCUT2D eigenvalue weighted by molar-refractivity contribution is -0.126. The predicted molar refractivity (Wildman–Crippen MR) is 96.0 cm³/mol. The summed E-state index contributed by atoms with van der Waals surface area (Å²) in [5, 5.41) is 0. The SMILES string of the molecule is COc1cc2c(c(Br)c1OC)C13CCN(C)C(C2)C1CCC(=O)C3. The Morgan fingerprint density at radius 1 is 1.33 bits per heavy atom. The molecular weight excluding hydrogens is 370 g/mol. The van der Waals surface area contributed by atoms with E-state index < -0.39 is 0 Å². The first-order valence-corrected chi connectivity index (χ1v) is 9.47. The normalized spacial score (nSPS) is 32.1. The third kappa shape index (κ3) is 2.10. The van der Waals surface area contributed by atoms with Crippen LogP contribution in [0.5, 0.6) is 11.5 Å². The lowest BCUT2D eigenvalue weighted by Gasteiger charge is -2.58. The molecule has 1 aromatic carbocycles. The molecule has 0 aromatic heterocycles. The van der Waals surface area contributed by atoms with Crippen LogP contribution in [-0.2, 0) is 16.6 Å². The molecular formula is C19H24BrNO3. The first-order valence-electron chi connectivity index (χ1n) is 8.67. The summed E-state index contributed by atoms with van der Waals surface area (Å²) in [6, 6.07) is 2.65. The van der Waals surface area contributed by atoms with Crippen LogP contribution in [0.4, 0.5) is 0 Å². The molecule has 1 saturated carbocycles. The third-order valence-electron chi connectivity index (χ3n) is 6.52. The maximum atomic E-state index is 12.4. The molecule has 1 aliphatic heterocycles. The van der Waals surface area contributed by atoms with Crippen LogP contribution >= 0.6 is 15.9 Å². The zero-order chi connectivity index (χ0) is 17.1. The van der Waals surface area contributed by atoms with Crippen LogP contribution in [0.3, 0.4) is 0 Å². The van der Waals surface area contributed by atoms with Gasteiger partial charge in [-0.3, -0.25) is 4.79 Å². The van der Waals surface area contributed by atoms with Crippen LogP contribution in [-0.4, -0.2) is 44.5 Å². The smallest absolute Gasteiger partial charge is 0.175 e. The molecule has 3 unspecified atom stereocenters. The number of likely N-dealkylation sites (tertiary alicyclic amines) is 1. The highest BCUT2D eigenvalue weighted by molar-refractivity contribution is 9.10. The first-order chi connectivity index (χ1) is 11.5. The molecule has 0 spiro atoms. The van der Waals surface area contributed by atoms with Gasteiger partial charge in [-0.25, -0.2) is 0 Å². The third-order valence-corrected chi connectivity index (χ3v) is 7.27. The molecule has 0 amide bonds. The van der Waals surface area contributed by atoms with Crippen LogP contribution in [0, 0.1) is 5.92 Å². The second-order valence-electron chi connectivity index (χ2n) is 7.48. The van der Waals surface area contributed by atoms with Crippen molar-refractivity contribution >= 4 is 21.7 Å². The van der Waals surface area contributed by atoms with Crippen molar-refractivity contribution in [3.63, 3.8) is 0 Å². The fourth-order valence-electron chi connectivity index (χ4n) is 5.47. The van der Waals surface area contributed by atoms with Gasteiger partial charge in [0, 0.05) is 24.3 Å². The predicted octanol–water partition coefficient (Wildman–Crippen LogP) is 3.33. The van der Waals surface area contributed by atoms with Crippen LogP contribution in [0.25, 0.3) is 0 Å². The number of carbonyl (C=O) groups is 1. The van der Waals surface area contributed by atoms with Gasteiger partial charge >= 0.3 is 0 Å². The Labute approximate surface area is 151 Å². The van der Waals surface area contributed by atoms with Crippen molar-refractivity contribution in [2.45, 2.75) is 43.6 Å². The number of carbonyl (C=O) groups excluding carboxylic acids is 1. The Morgan fingerprint density at radius 3 is 2.83 bits per heavy atom. The fraction of sp³-hybridized carbons (Fsp3) is 0.632. The van der Waals surface area contributed by atoms with Gasteiger partial charge in [0.2, 0.25) is 0 Å². The van der Waals surface area contributed by atoms with Gasteiger partial charge in [0.15, 0.2) is 11.5 Å². The summed E-state index contributed by atoms with van der Waals surface area (Å²) in [4.78, 5) is 14.9. The lowest BCUT2D eigenvalue weighted by Crippen LogP contribution is -2.61. The van der Waals surface area contributed by atoms with Crippen molar-refractivity contribution in [1.82, 2.24) is 4.90 Å². The molecule has 130 valence electrons. The number of hydrogen-bond acceptors (Lipinski definition) is 4. The number of Topliss-reactive ketones (excluding diaryl/α,β-unsaturated/α-hetero) is 1.